The molecule has 1 rings (SSSR count). The van der Waals surface area contributed by atoms with E-state index in [-0.39, 0.29) is 0 Å². The number of amides is 1. The summed E-state index contributed by atoms with van der Waals surface area (Å²) in [5.74, 6) is 0. The lowest BCUT2D eigenvalue weighted by atomic mass is 10.1. The van der Waals surface area contributed by atoms with Crippen molar-refractivity contribution in [3.8, 4) is 6.07 Å². The van der Waals surface area contributed by atoms with Crippen molar-refractivity contribution in [2.45, 2.75) is 32.8 Å². The molecule has 0 saturated carbocycles. The average molecular weight is 345 g/mol. The van der Waals surface area contributed by atoms with E-state index in [2.05, 4.69) is 21.7 Å². The van der Waals surface area contributed by atoms with E-state index >= 15 is 0 Å². The zero-order valence-electron chi connectivity index (χ0n) is 15.6. The van der Waals surface area contributed by atoms with Gasteiger partial charge in [0.15, 0.2) is 0 Å². The number of nitrogens with zero attached hydrogens (tertiary/aromatic N) is 3. The minimum atomic E-state index is -0.493. The molecule has 1 aromatic rings. The molecular formula is C18H27N5O2. The lowest BCUT2D eigenvalue weighted by Gasteiger charge is -2.19. The number of benzene rings is 1. The minimum absolute atomic E-state index is 0.414. The summed E-state index contributed by atoms with van der Waals surface area (Å²) in [6, 6.07) is 7.60. The third-order valence-corrected chi connectivity index (χ3v) is 2.90. The van der Waals surface area contributed by atoms with Gasteiger partial charge in [0.1, 0.15) is 11.7 Å². The van der Waals surface area contributed by atoms with Crippen LogP contribution in [0.25, 0.3) is 0 Å². The highest BCUT2D eigenvalue weighted by atomic mass is 16.6. The first-order valence-electron chi connectivity index (χ1n) is 8.17. The van der Waals surface area contributed by atoms with Gasteiger partial charge in [0.05, 0.1) is 17.6 Å². The number of aliphatic imine (C=N–C) groups is 1. The molecule has 0 aromatic heterocycles. The predicted molar refractivity (Wildman–Crippen MR) is 100 cm³/mol. The number of nitriles is 1. The second kappa shape index (κ2) is 9.52. The Morgan fingerprint density at radius 3 is 2.68 bits per heavy atom. The maximum Gasteiger partial charge on any atom is 0.407 e. The van der Waals surface area contributed by atoms with Crippen LogP contribution in [0, 0.1) is 11.3 Å². The number of hydrogen-bond donors (Lipinski definition) is 2. The molecule has 1 aromatic carbocycles. The van der Waals surface area contributed by atoms with Crippen molar-refractivity contribution < 1.29 is 9.53 Å². The third-order valence-electron chi connectivity index (χ3n) is 2.90. The lowest BCUT2D eigenvalue weighted by Crippen LogP contribution is -2.33. The summed E-state index contributed by atoms with van der Waals surface area (Å²) >= 11 is 0. The number of anilines is 1. The van der Waals surface area contributed by atoms with Crippen molar-refractivity contribution in [2.24, 2.45) is 4.99 Å². The first-order valence-corrected chi connectivity index (χ1v) is 8.17. The molecule has 0 aliphatic rings. The van der Waals surface area contributed by atoms with E-state index in [1.807, 2.05) is 45.8 Å². The number of carbonyl (C=O) groups is 1. The van der Waals surface area contributed by atoms with Crippen LogP contribution in [0.1, 0.15) is 32.8 Å². The molecule has 2 N–H and O–H groups in total. The molecule has 0 atom stereocenters. The monoisotopic (exact) mass is 345 g/mol. The van der Waals surface area contributed by atoms with Crippen molar-refractivity contribution in [3.05, 3.63) is 23.8 Å². The number of nitrogens with one attached hydrogen (secondary N) is 2. The second-order valence-corrected chi connectivity index (χ2v) is 6.76. The van der Waals surface area contributed by atoms with Gasteiger partial charge < -0.3 is 20.3 Å². The molecule has 0 saturated heterocycles. The molecule has 0 fully saturated rings. The van der Waals surface area contributed by atoms with Crippen molar-refractivity contribution in [1.29, 1.82) is 5.26 Å². The zero-order chi connectivity index (χ0) is 18.9. The van der Waals surface area contributed by atoms with E-state index < -0.39 is 11.7 Å². The SMILES string of the molecule is CN(C)C=Nc1ccc(NCCCNC(=O)OC(C)(C)C)cc1C#N. The quantitative estimate of drug-likeness (QED) is 0.450. The first kappa shape index (κ1) is 20.3. The standard InChI is InChI=1S/C18H27N5O2/c1-18(2,3)25-17(24)21-10-6-9-20-15-7-8-16(14(11-15)12-19)22-13-23(4)5/h7-8,11,13,20H,6,9-10H2,1-5H3,(H,21,24). The third kappa shape index (κ3) is 8.61. The highest BCUT2D eigenvalue weighted by molar-refractivity contribution is 5.68. The fourth-order valence-corrected chi connectivity index (χ4v) is 1.85. The molecule has 1 amide bonds. The summed E-state index contributed by atoms with van der Waals surface area (Å²) in [7, 11) is 3.74. The van der Waals surface area contributed by atoms with Gasteiger partial charge in [-0.1, -0.05) is 0 Å². The van der Waals surface area contributed by atoms with Crippen LogP contribution < -0.4 is 10.6 Å². The molecule has 0 aliphatic carbocycles. The van der Waals surface area contributed by atoms with Crippen LogP contribution in [-0.2, 0) is 4.74 Å². The van der Waals surface area contributed by atoms with Crippen LogP contribution in [0.2, 0.25) is 0 Å². The smallest absolute Gasteiger partial charge is 0.407 e. The molecule has 136 valence electrons. The maximum absolute atomic E-state index is 11.5. The van der Waals surface area contributed by atoms with Crippen molar-refractivity contribution >= 4 is 23.8 Å². The molecule has 0 bridgehead atoms. The molecule has 0 radical (unpaired) electrons. The fraction of sp³-hybridized carbons (Fsp3) is 0.500. The van der Waals surface area contributed by atoms with Gasteiger partial charge in [0.25, 0.3) is 0 Å². The highest BCUT2D eigenvalue weighted by Crippen LogP contribution is 2.22. The molecule has 7 nitrogen and oxygen atoms in total. The van der Waals surface area contributed by atoms with Gasteiger partial charge in [0, 0.05) is 32.9 Å². The Morgan fingerprint density at radius 2 is 2.08 bits per heavy atom. The molecular weight excluding hydrogens is 318 g/mol. The lowest BCUT2D eigenvalue weighted by molar-refractivity contribution is 0.0528. The van der Waals surface area contributed by atoms with Gasteiger partial charge in [-0.05, 0) is 45.4 Å². The minimum Gasteiger partial charge on any atom is -0.444 e. The summed E-state index contributed by atoms with van der Waals surface area (Å²) in [5, 5.41) is 15.2. The zero-order valence-corrected chi connectivity index (χ0v) is 15.6. The Kier molecular flexibility index (Phi) is 7.73. The number of rotatable bonds is 7. The summed E-state index contributed by atoms with van der Waals surface area (Å²) in [6.07, 6.45) is 1.98. The highest BCUT2D eigenvalue weighted by Gasteiger charge is 2.15. The summed E-state index contributed by atoms with van der Waals surface area (Å²) in [6.45, 7) is 6.66. The van der Waals surface area contributed by atoms with Gasteiger partial charge in [-0.2, -0.15) is 5.26 Å². The summed E-state index contributed by atoms with van der Waals surface area (Å²) in [5.41, 5.74) is 1.49. The van der Waals surface area contributed by atoms with Crippen LogP contribution in [0.5, 0.6) is 0 Å². The van der Waals surface area contributed by atoms with Gasteiger partial charge in [-0.3, -0.25) is 0 Å². The van der Waals surface area contributed by atoms with Crippen molar-refractivity contribution in [1.82, 2.24) is 10.2 Å². The molecule has 0 unspecified atom stereocenters. The van der Waals surface area contributed by atoms with Crippen LogP contribution >= 0.6 is 0 Å². The van der Waals surface area contributed by atoms with E-state index in [4.69, 9.17) is 4.74 Å². The largest absolute Gasteiger partial charge is 0.444 e. The van der Waals surface area contributed by atoms with E-state index in [0.717, 1.165) is 12.1 Å². The number of alkyl carbamates (subject to hydrolysis) is 1. The number of carbonyl (C=O) groups excluding carboxylic acids is 1. The van der Waals surface area contributed by atoms with Crippen LogP contribution in [0.4, 0.5) is 16.2 Å². The van der Waals surface area contributed by atoms with Crippen LogP contribution in [0.15, 0.2) is 23.2 Å². The Bertz CT molecular complexity index is 642. The molecule has 7 heteroatoms. The van der Waals surface area contributed by atoms with Gasteiger partial charge >= 0.3 is 6.09 Å². The average Bonchev–Trinajstić information content (AvgIpc) is 2.51. The summed E-state index contributed by atoms with van der Waals surface area (Å²) < 4.78 is 5.16. The Balaban J connectivity index is 2.43. The van der Waals surface area contributed by atoms with Gasteiger partial charge in [-0.25, -0.2) is 9.79 Å². The van der Waals surface area contributed by atoms with E-state index in [1.54, 1.807) is 18.5 Å². The van der Waals surface area contributed by atoms with Gasteiger partial charge in [-0.15, -0.1) is 0 Å². The topological polar surface area (TPSA) is 89.8 Å². The Labute approximate surface area is 149 Å². The van der Waals surface area contributed by atoms with Crippen LogP contribution in [0.3, 0.4) is 0 Å². The van der Waals surface area contributed by atoms with E-state index in [9.17, 15) is 10.1 Å². The molecule has 0 heterocycles. The number of ether oxygens (including phenoxy) is 1. The molecule has 25 heavy (non-hydrogen) atoms. The Morgan fingerprint density at radius 1 is 1.36 bits per heavy atom. The maximum atomic E-state index is 11.5. The first-order chi connectivity index (χ1) is 11.7. The summed E-state index contributed by atoms with van der Waals surface area (Å²) in [4.78, 5) is 17.6. The normalized spacial score (nSPS) is 11.0. The Hall–Kier alpha value is -2.75. The van der Waals surface area contributed by atoms with Gasteiger partial charge in [0.2, 0.25) is 0 Å². The second-order valence-electron chi connectivity index (χ2n) is 6.76. The fourth-order valence-electron chi connectivity index (χ4n) is 1.85. The molecule has 0 aliphatic heterocycles. The number of hydrogen-bond acceptors (Lipinski definition) is 5. The van der Waals surface area contributed by atoms with E-state index in [0.29, 0.717) is 24.3 Å². The predicted octanol–water partition coefficient (Wildman–Crippen LogP) is 3.11. The van der Waals surface area contributed by atoms with Crippen molar-refractivity contribution in [3.63, 3.8) is 0 Å². The van der Waals surface area contributed by atoms with Crippen molar-refractivity contribution in [2.75, 3.05) is 32.5 Å². The molecule has 0 spiro atoms. The van der Waals surface area contributed by atoms with Crippen LogP contribution in [-0.4, -0.2) is 50.1 Å². The van der Waals surface area contributed by atoms with E-state index in [1.165, 1.54) is 0 Å².